The van der Waals surface area contributed by atoms with Gasteiger partial charge < -0.3 is 44.5 Å². The van der Waals surface area contributed by atoms with Gasteiger partial charge in [0.2, 0.25) is 6.29 Å². The quantitative estimate of drug-likeness (QED) is 0.155. The Bertz CT molecular complexity index is 1440. The average molecular weight is 633 g/mol. The smallest absolute Gasteiger partial charge is 0.335 e. The summed E-state index contributed by atoms with van der Waals surface area (Å²) in [4.78, 5) is 23.4. The van der Waals surface area contributed by atoms with Crippen molar-refractivity contribution >= 4 is 11.9 Å². The lowest BCUT2D eigenvalue weighted by molar-refractivity contribution is -0.330. The van der Waals surface area contributed by atoms with Crippen molar-refractivity contribution in [3.05, 3.63) is 131 Å². The number of carboxylic acids is 2. The number of aliphatic hydroxyl groups is 3. The monoisotopic (exact) mass is 632 g/mol. The summed E-state index contributed by atoms with van der Waals surface area (Å²) in [7, 11) is 0. The molecule has 11 nitrogen and oxygen atoms in total. The van der Waals surface area contributed by atoms with Gasteiger partial charge in [-0.2, -0.15) is 0 Å². The topological polar surface area (TPSA) is 172 Å². The van der Waals surface area contributed by atoms with Gasteiger partial charge in [0.25, 0.3) is 0 Å². The Labute approximate surface area is 265 Å². The Hall–Kier alpha value is -4.36. The summed E-state index contributed by atoms with van der Waals surface area (Å²) in [6, 6.07) is 28.5. The predicted octanol–water partition coefficient (Wildman–Crippen LogP) is 3.18. The minimum absolute atomic E-state index is 0.183. The minimum Gasteiger partial charge on any atom is -0.481 e. The summed E-state index contributed by atoms with van der Waals surface area (Å²) in [5, 5.41) is 51.8. The molecule has 2 aliphatic heterocycles. The summed E-state index contributed by atoms with van der Waals surface area (Å²) in [5.74, 6) is -3.68. The number of carboxylic acid groups (broad SMARTS) is 2. The second kappa shape index (κ2) is 14.4. The van der Waals surface area contributed by atoms with Crippen molar-refractivity contribution in [3.8, 4) is 0 Å². The second-order valence-electron chi connectivity index (χ2n) is 11.0. The van der Waals surface area contributed by atoms with Gasteiger partial charge in [0.1, 0.15) is 30.0 Å². The van der Waals surface area contributed by atoms with Gasteiger partial charge in [-0.1, -0.05) is 97.1 Å². The molecule has 3 aromatic carbocycles. The van der Waals surface area contributed by atoms with E-state index in [2.05, 4.69) is 0 Å². The Kier molecular flexibility index (Phi) is 10.3. The maximum atomic E-state index is 11.8. The number of allylic oxidation sites excluding steroid dienone is 1. The molecule has 2 aliphatic rings. The lowest BCUT2D eigenvalue weighted by Gasteiger charge is -2.44. The van der Waals surface area contributed by atoms with Crippen molar-refractivity contribution in [3.63, 3.8) is 0 Å². The highest BCUT2D eigenvalue weighted by Crippen LogP contribution is 2.41. The van der Waals surface area contributed by atoms with Crippen LogP contribution in [0.5, 0.6) is 0 Å². The highest BCUT2D eigenvalue weighted by atomic mass is 16.8. The Morgan fingerprint density at radius 3 is 1.78 bits per heavy atom. The minimum atomic E-state index is -1.74. The fourth-order valence-corrected chi connectivity index (χ4v) is 5.95. The molecular formula is C35H36O11. The van der Waals surface area contributed by atoms with Crippen molar-refractivity contribution in [2.75, 3.05) is 6.61 Å². The molecule has 0 bridgehead atoms. The van der Waals surface area contributed by atoms with Crippen LogP contribution < -0.4 is 0 Å². The van der Waals surface area contributed by atoms with E-state index >= 15 is 0 Å². The molecule has 0 spiro atoms. The summed E-state index contributed by atoms with van der Waals surface area (Å²) in [5.41, 5.74) is 1.13. The molecule has 242 valence electrons. The van der Waals surface area contributed by atoms with Crippen LogP contribution in [-0.2, 0) is 34.1 Å². The second-order valence-corrected chi connectivity index (χ2v) is 11.0. The molecule has 0 unspecified atom stereocenters. The molecule has 0 aliphatic carbocycles. The van der Waals surface area contributed by atoms with Crippen molar-refractivity contribution in [1.29, 1.82) is 0 Å². The summed E-state index contributed by atoms with van der Waals surface area (Å²) in [6.07, 6.45) is -7.34. The first kappa shape index (κ1) is 33.0. The van der Waals surface area contributed by atoms with Gasteiger partial charge in [0, 0.05) is 11.5 Å². The number of hydrogen-bond donors (Lipinski definition) is 5. The first-order chi connectivity index (χ1) is 22.2. The van der Waals surface area contributed by atoms with Gasteiger partial charge in [-0.05, 0) is 23.6 Å². The van der Waals surface area contributed by atoms with Crippen molar-refractivity contribution < 1.29 is 54.1 Å². The zero-order chi connectivity index (χ0) is 32.8. The molecule has 5 rings (SSSR count). The molecule has 1 saturated heterocycles. The number of benzene rings is 3. The van der Waals surface area contributed by atoms with Crippen LogP contribution >= 0.6 is 0 Å². The van der Waals surface area contributed by atoms with Crippen molar-refractivity contribution in [2.24, 2.45) is 5.92 Å². The molecule has 0 radical (unpaired) electrons. The van der Waals surface area contributed by atoms with Gasteiger partial charge in [-0.15, -0.1) is 0 Å². The van der Waals surface area contributed by atoms with E-state index in [1.165, 1.54) is 6.08 Å². The van der Waals surface area contributed by atoms with Crippen LogP contribution in [0.4, 0.5) is 0 Å². The third-order valence-electron chi connectivity index (χ3n) is 8.26. The third kappa shape index (κ3) is 6.61. The lowest BCUT2D eigenvalue weighted by Crippen LogP contribution is -2.60. The van der Waals surface area contributed by atoms with E-state index in [1.807, 2.05) is 91.0 Å². The first-order valence-electron chi connectivity index (χ1n) is 14.8. The maximum Gasteiger partial charge on any atom is 0.335 e. The molecule has 11 heteroatoms. The summed E-state index contributed by atoms with van der Waals surface area (Å²) >= 11 is 0. The molecule has 0 aromatic heterocycles. The standard InChI is InChI=1S/C35H36O11/c1-2-24-25(18-28(36)37)26(32(41)42)19-43-33(24)46-34-31(40)30(39)29(38)27(45-34)20-44-35(21-12-6-3-7-13-21,22-14-8-4-9-15-22)23-16-10-5-11-17-23/h2-17,19,25,27,29-31,33-34,38-40H,18,20H2,1H3,(H,36,37)(H,41,42)/b24-2+/t25-,27+,29+,30-,31+,33-,34-/m0/s1. The van der Waals surface area contributed by atoms with Crippen LogP contribution in [0, 0.1) is 5.92 Å². The number of aliphatic hydroxyl groups excluding tert-OH is 3. The van der Waals surface area contributed by atoms with E-state index in [0.717, 1.165) is 23.0 Å². The molecule has 1 fully saturated rings. The molecule has 0 saturated carbocycles. The van der Waals surface area contributed by atoms with Gasteiger partial charge in [0.05, 0.1) is 24.9 Å². The number of aliphatic carboxylic acids is 2. The number of carbonyl (C=O) groups is 2. The molecular weight excluding hydrogens is 596 g/mol. The van der Waals surface area contributed by atoms with Crippen molar-refractivity contribution in [1.82, 2.24) is 0 Å². The first-order valence-corrected chi connectivity index (χ1v) is 14.8. The Morgan fingerprint density at radius 1 is 0.804 bits per heavy atom. The fraction of sp³-hybridized carbons (Fsp3) is 0.314. The van der Waals surface area contributed by atoms with Gasteiger partial charge >= 0.3 is 11.9 Å². The molecule has 3 aromatic rings. The van der Waals surface area contributed by atoms with Crippen LogP contribution in [0.15, 0.2) is 114 Å². The fourth-order valence-electron chi connectivity index (χ4n) is 5.95. The normalized spacial score (nSPS) is 27.4. The summed E-state index contributed by atoms with van der Waals surface area (Å²) < 4.78 is 24.2. The van der Waals surface area contributed by atoms with Crippen LogP contribution in [0.25, 0.3) is 0 Å². The van der Waals surface area contributed by atoms with Gasteiger partial charge in [-0.3, -0.25) is 4.79 Å². The van der Waals surface area contributed by atoms with Crippen LogP contribution in [0.2, 0.25) is 0 Å². The molecule has 46 heavy (non-hydrogen) atoms. The molecule has 7 atom stereocenters. The SMILES string of the molecule is C/C=C1/[C@H](O[C@@H]2O[C@H](COC(c3ccccc3)(c3ccccc3)c3ccccc3)[C@@H](O)[C@H](O)[C@H]2O)OC=C(C(=O)O)[C@H]1CC(=O)O. The number of hydrogen-bond acceptors (Lipinski definition) is 9. The average Bonchev–Trinajstić information content (AvgIpc) is 3.07. The largest absolute Gasteiger partial charge is 0.481 e. The van der Waals surface area contributed by atoms with E-state index in [-0.39, 0.29) is 17.8 Å². The maximum absolute atomic E-state index is 11.8. The Morgan fingerprint density at radius 2 is 1.33 bits per heavy atom. The van der Waals surface area contributed by atoms with Crippen LogP contribution in [-0.4, -0.2) is 81.1 Å². The lowest BCUT2D eigenvalue weighted by atomic mass is 9.80. The highest BCUT2D eigenvalue weighted by Gasteiger charge is 2.48. The molecule has 2 heterocycles. The number of rotatable bonds is 11. The van der Waals surface area contributed by atoms with Crippen LogP contribution in [0.1, 0.15) is 30.0 Å². The predicted molar refractivity (Wildman–Crippen MR) is 163 cm³/mol. The zero-order valence-corrected chi connectivity index (χ0v) is 25.0. The van der Waals surface area contributed by atoms with E-state index in [9.17, 15) is 35.1 Å². The molecule has 5 N–H and O–H groups in total. The van der Waals surface area contributed by atoms with Gasteiger partial charge in [0.15, 0.2) is 6.29 Å². The zero-order valence-electron chi connectivity index (χ0n) is 25.0. The third-order valence-corrected chi connectivity index (χ3v) is 8.26. The van der Waals surface area contributed by atoms with E-state index in [1.54, 1.807) is 6.92 Å². The van der Waals surface area contributed by atoms with E-state index in [4.69, 9.17) is 18.9 Å². The van der Waals surface area contributed by atoms with E-state index in [0.29, 0.717) is 0 Å². The summed E-state index contributed by atoms with van der Waals surface area (Å²) in [6.45, 7) is 1.30. The van der Waals surface area contributed by atoms with Crippen molar-refractivity contribution in [2.45, 2.75) is 55.9 Å². The Balaban J connectivity index is 1.45. The highest BCUT2D eigenvalue weighted by molar-refractivity contribution is 5.89. The molecule has 0 amide bonds. The van der Waals surface area contributed by atoms with Gasteiger partial charge in [-0.25, -0.2) is 4.79 Å². The van der Waals surface area contributed by atoms with Crippen LogP contribution in [0.3, 0.4) is 0 Å². The number of ether oxygens (including phenoxy) is 4. The van der Waals surface area contributed by atoms with E-state index < -0.39 is 66.9 Å².